The molecule has 41 heavy (non-hydrogen) atoms. The molecule has 0 atom stereocenters. The van der Waals surface area contributed by atoms with Crippen LogP contribution in [-0.2, 0) is 0 Å². The molecule has 2 saturated heterocycles. The standard InChI is InChI=1S/C32H40ClN5O3/c1-31(2)29(32(3,4)30(31)41-25-10-9-23(20-34)26(33)19-25)36-27(39)21-5-7-22(8-6-21)28(40)38-17-15-37(16-18-38)24-11-13-35-14-12-24/h5-10,19,24,29-30,35H,11-18H2,1-4H3,(H,36,39)/t29-,30-. The number of benzene rings is 2. The number of carbonyl (C=O) groups is 2. The summed E-state index contributed by atoms with van der Waals surface area (Å²) in [6, 6.07) is 14.6. The van der Waals surface area contributed by atoms with Crippen LogP contribution in [0.2, 0.25) is 5.02 Å². The van der Waals surface area contributed by atoms with Gasteiger partial charge in [-0.15, -0.1) is 0 Å². The second-order valence-electron chi connectivity index (χ2n) is 12.7. The summed E-state index contributed by atoms with van der Waals surface area (Å²) in [5.74, 6) is 0.439. The van der Waals surface area contributed by atoms with Crippen molar-refractivity contribution in [3.8, 4) is 11.8 Å². The number of halogens is 1. The van der Waals surface area contributed by atoms with E-state index in [4.69, 9.17) is 21.6 Å². The molecule has 2 aliphatic heterocycles. The summed E-state index contributed by atoms with van der Waals surface area (Å²) in [6.07, 6.45) is 2.17. The fourth-order valence-corrected chi connectivity index (χ4v) is 7.43. The number of nitrogens with zero attached hydrogens (tertiary/aromatic N) is 3. The van der Waals surface area contributed by atoms with Crippen LogP contribution in [0.3, 0.4) is 0 Å². The normalized spacial score (nSPS) is 24.1. The maximum absolute atomic E-state index is 13.3. The zero-order valence-corrected chi connectivity index (χ0v) is 25.1. The highest BCUT2D eigenvalue weighted by Crippen LogP contribution is 2.55. The van der Waals surface area contributed by atoms with Crippen molar-refractivity contribution in [3.05, 3.63) is 64.2 Å². The van der Waals surface area contributed by atoms with E-state index in [1.807, 2.05) is 4.90 Å². The first-order valence-electron chi connectivity index (χ1n) is 14.5. The summed E-state index contributed by atoms with van der Waals surface area (Å²) in [5, 5.41) is 16.1. The smallest absolute Gasteiger partial charge is 0.253 e. The lowest BCUT2D eigenvalue weighted by atomic mass is 9.49. The van der Waals surface area contributed by atoms with Gasteiger partial charge in [-0.2, -0.15) is 5.26 Å². The molecule has 0 spiro atoms. The van der Waals surface area contributed by atoms with Crippen molar-refractivity contribution in [3.63, 3.8) is 0 Å². The van der Waals surface area contributed by atoms with Gasteiger partial charge in [-0.05, 0) is 62.3 Å². The molecule has 1 aliphatic carbocycles. The number of hydrogen-bond acceptors (Lipinski definition) is 6. The highest BCUT2D eigenvalue weighted by molar-refractivity contribution is 6.31. The molecule has 2 amide bonds. The number of amides is 2. The lowest BCUT2D eigenvalue weighted by Gasteiger charge is -2.63. The fraction of sp³-hybridized carbons (Fsp3) is 0.531. The number of piperidine rings is 1. The molecule has 2 heterocycles. The Morgan fingerprint density at radius 2 is 1.59 bits per heavy atom. The molecule has 1 saturated carbocycles. The van der Waals surface area contributed by atoms with Crippen LogP contribution in [0.4, 0.5) is 0 Å². The van der Waals surface area contributed by atoms with E-state index in [1.165, 1.54) is 12.8 Å². The van der Waals surface area contributed by atoms with Gasteiger partial charge in [-0.3, -0.25) is 14.5 Å². The minimum absolute atomic E-state index is 0.0195. The number of piperazine rings is 1. The van der Waals surface area contributed by atoms with Crippen LogP contribution in [0, 0.1) is 22.2 Å². The topological polar surface area (TPSA) is 97.7 Å². The summed E-state index contributed by atoms with van der Waals surface area (Å²) >= 11 is 6.20. The number of nitriles is 1. The zero-order chi connectivity index (χ0) is 29.4. The molecule has 0 unspecified atom stereocenters. The van der Waals surface area contributed by atoms with Gasteiger partial charge in [0.2, 0.25) is 0 Å². The van der Waals surface area contributed by atoms with Gasteiger partial charge in [0, 0.05) is 66.3 Å². The predicted molar refractivity (Wildman–Crippen MR) is 159 cm³/mol. The van der Waals surface area contributed by atoms with E-state index in [9.17, 15) is 9.59 Å². The van der Waals surface area contributed by atoms with Crippen LogP contribution in [0.25, 0.3) is 0 Å². The number of carbonyl (C=O) groups excluding carboxylic acids is 2. The summed E-state index contributed by atoms with van der Waals surface area (Å²) in [5.41, 5.74) is 0.819. The first-order chi connectivity index (χ1) is 19.5. The van der Waals surface area contributed by atoms with E-state index >= 15 is 0 Å². The highest BCUT2D eigenvalue weighted by atomic mass is 35.5. The van der Waals surface area contributed by atoms with Crippen LogP contribution in [0.1, 0.15) is 66.8 Å². The van der Waals surface area contributed by atoms with Gasteiger partial charge in [0.05, 0.1) is 10.6 Å². The monoisotopic (exact) mass is 577 g/mol. The van der Waals surface area contributed by atoms with Crippen molar-refractivity contribution in [2.24, 2.45) is 10.8 Å². The van der Waals surface area contributed by atoms with Crippen molar-refractivity contribution in [1.29, 1.82) is 5.26 Å². The minimum atomic E-state index is -0.355. The van der Waals surface area contributed by atoms with Gasteiger partial charge < -0.3 is 20.3 Å². The van der Waals surface area contributed by atoms with Crippen molar-refractivity contribution in [2.45, 2.75) is 58.7 Å². The highest BCUT2D eigenvalue weighted by Gasteiger charge is 2.64. The molecule has 3 fully saturated rings. The van der Waals surface area contributed by atoms with Crippen LogP contribution < -0.4 is 15.4 Å². The van der Waals surface area contributed by atoms with Crippen molar-refractivity contribution in [2.75, 3.05) is 39.3 Å². The van der Waals surface area contributed by atoms with E-state index in [2.05, 4.69) is 49.3 Å². The van der Waals surface area contributed by atoms with Gasteiger partial charge in [-0.1, -0.05) is 39.3 Å². The molecule has 2 N–H and O–H groups in total. The Balaban J connectivity index is 1.17. The molecule has 8 nitrogen and oxygen atoms in total. The van der Waals surface area contributed by atoms with Gasteiger partial charge in [0.1, 0.15) is 17.9 Å². The summed E-state index contributed by atoms with van der Waals surface area (Å²) < 4.78 is 6.33. The van der Waals surface area contributed by atoms with Gasteiger partial charge >= 0.3 is 0 Å². The molecule has 0 aromatic heterocycles. The third-order valence-corrected chi connectivity index (χ3v) is 9.56. The lowest BCUT2D eigenvalue weighted by molar-refractivity contribution is -0.164. The third kappa shape index (κ3) is 5.81. The quantitative estimate of drug-likeness (QED) is 0.530. The molecule has 218 valence electrons. The second kappa shape index (κ2) is 11.6. The molecular weight excluding hydrogens is 538 g/mol. The first-order valence-corrected chi connectivity index (χ1v) is 14.9. The second-order valence-corrected chi connectivity index (χ2v) is 13.1. The van der Waals surface area contributed by atoms with E-state index < -0.39 is 0 Å². The van der Waals surface area contributed by atoms with Gasteiger partial charge in [0.15, 0.2) is 0 Å². The average molecular weight is 578 g/mol. The Bertz CT molecular complexity index is 1310. The zero-order valence-electron chi connectivity index (χ0n) is 24.4. The number of rotatable bonds is 6. The largest absolute Gasteiger partial charge is 0.489 e. The summed E-state index contributed by atoms with van der Waals surface area (Å²) in [7, 11) is 0. The van der Waals surface area contributed by atoms with E-state index in [-0.39, 0.29) is 34.8 Å². The Morgan fingerprint density at radius 3 is 2.17 bits per heavy atom. The minimum Gasteiger partial charge on any atom is -0.489 e. The SMILES string of the molecule is CC1(C)[C@H](NC(=O)c2ccc(C(=O)N3CCN(C4CCNCC4)CC3)cc2)C(C)(C)[C@H]1Oc1ccc(C#N)c(Cl)c1. The summed E-state index contributed by atoms with van der Waals surface area (Å²) in [4.78, 5) is 30.9. The molecule has 9 heteroatoms. The lowest BCUT2D eigenvalue weighted by Crippen LogP contribution is -2.74. The maximum Gasteiger partial charge on any atom is 0.253 e. The number of ether oxygens (including phenoxy) is 1. The molecular formula is C32H40ClN5O3. The first kappa shape index (κ1) is 29.4. The van der Waals surface area contributed by atoms with Crippen LogP contribution in [0.15, 0.2) is 42.5 Å². The van der Waals surface area contributed by atoms with Crippen LogP contribution >= 0.6 is 11.6 Å². The molecule has 5 rings (SSSR count). The molecule has 3 aliphatic rings. The van der Waals surface area contributed by atoms with Crippen LogP contribution in [-0.4, -0.2) is 79.1 Å². The molecule has 2 aromatic carbocycles. The molecule has 0 radical (unpaired) electrons. The van der Waals surface area contributed by atoms with Gasteiger partial charge in [-0.25, -0.2) is 0 Å². The van der Waals surface area contributed by atoms with E-state index in [0.29, 0.717) is 33.5 Å². The fourth-order valence-electron chi connectivity index (χ4n) is 7.22. The number of nitrogens with one attached hydrogen (secondary N) is 2. The van der Waals surface area contributed by atoms with Crippen molar-refractivity contribution in [1.82, 2.24) is 20.4 Å². The molecule has 0 bridgehead atoms. The Hall–Kier alpha value is -3.12. The van der Waals surface area contributed by atoms with Crippen LogP contribution in [0.5, 0.6) is 5.75 Å². The van der Waals surface area contributed by atoms with Crippen molar-refractivity contribution < 1.29 is 14.3 Å². The predicted octanol–water partition coefficient (Wildman–Crippen LogP) is 4.33. The van der Waals surface area contributed by atoms with E-state index in [1.54, 1.807) is 42.5 Å². The Morgan fingerprint density at radius 1 is 0.976 bits per heavy atom. The molecule has 2 aromatic rings. The maximum atomic E-state index is 13.3. The van der Waals surface area contributed by atoms with E-state index in [0.717, 1.165) is 39.3 Å². The van der Waals surface area contributed by atoms with Crippen molar-refractivity contribution >= 4 is 23.4 Å². The summed E-state index contributed by atoms with van der Waals surface area (Å²) in [6.45, 7) is 13.7. The Kier molecular flexibility index (Phi) is 8.34. The third-order valence-electron chi connectivity index (χ3n) is 9.25. The Labute approximate surface area is 248 Å². The van der Waals surface area contributed by atoms with Gasteiger partial charge in [0.25, 0.3) is 11.8 Å². The average Bonchev–Trinajstić information content (AvgIpc) is 2.98. The number of hydrogen-bond donors (Lipinski definition) is 2.